The zero-order chi connectivity index (χ0) is 15.7. The van der Waals surface area contributed by atoms with Crippen LogP contribution in [0.25, 0.3) is 0 Å². The molecule has 1 atom stereocenters. The molecule has 0 fully saturated rings. The molecule has 0 aromatic heterocycles. The Morgan fingerprint density at radius 1 is 1.48 bits per heavy atom. The summed E-state index contributed by atoms with van der Waals surface area (Å²) >= 11 is 0. The van der Waals surface area contributed by atoms with Crippen molar-refractivity contribution in [3.63, 3.8) is 0 Å². The molecule has 1 aromatic rings. The van der Waals surface area contributed by atoms with Gasteiger partial charge in [0.15, 0.2) is 0 Å². The number of carbonyl (C=O) groups excluding carboxylic acids is 1. The number of carbonyl (C=O) groups is 1. The molecule has 5 nitrogen and oxygen atoms in total. The number of hydrogen-bond donors (Lipinski definition) is 2. The Hall–Kier alpha value is -1.94. The van der Waals surface area contributed by atoms with Gasteiger partial charge in [0.1, 0.15) is 12.4 Å². The number of rotatable bonds is 6. The van der Waals surface area contributed by atoms with Gasteiger partial charge in [-0.25, -0.2) is 4.39 Å². The number of halogens is 1. The van der Waals surface area contributed by atoms with Crippen molar-refractivity contribution in [3.05, 3.63) is 35.1 Å². The second kappa shape index (κ2) is 9.08. The van der Waals surface area contributed by atoms with Crippen LogP contribution in [-0.2, 0) is 9.47 Å². The van der Waals surface area contributed by atoms with Gasteiger partial charge in [-0.2, -0.15) is 0 Å². The molecule has 2 N–H and O–H groups in total. The molecular weight excluding hydrogens is 277 g/mol. The van der Waals surface area contributed by atoms with Gasteiger partial charge >= 0.3 is 0 Å². The van der Waals surface area contributed by atoms with E-state index in [9.17, 15) is 9.18 Å². The largest absolute Gasteiger partial charge is 0.384 e. The van der Waals surface area contributed by atoms with Crippen molar-refractivity contribution in [2.24, 2.45) is 0 Å². The molecule has 0 saturated heterocycles. The van der Waals surface area contributed by atoms with Gasteiger partial charge in [-0.1, -0.05) is 11.8 Å². The van der Waals surface area contributed by atoms with Gasteiger partial charge in [-0.3, -0.25) is 4.79 Å². The van der Waals surface area contributed by atoms with Crippen molar-refractivity contribution in [2.45, 2.75) is 6.10 Å². The maximum Gasteiger partial charge on any atom is 0.254 e. The number of aliphatic hydroxyl groups is 1. The standard InChI is InChI=1S/C15H18FNO4/c1-20-10-12(21-2)9-17-15(19)13-8-11(4-3-7-18)5-6-14(13)16/h5-6,8,12,18H,7,9-10H2,1-2H3,(H,17,19). The van der Waals surface area contributed by atoms with Crippen LogP contribution >= 0.6 is 0 Å². The predicted octanol–water partition coefficient (Wildman–Crippen LogP) is 0.561. The van der Waals surface area contributed by atoms with E-state index in [1.807, 2.05) is 0 Å². The smallest absolute Gasteiger partial charge is 0.254 e. The van der Waals surface area contributed by atoms with Crippen LogP contribution in [0.15, 0.2) is 18.2 Å². The van der Waals surface area contributed by atoms with Crippen LogP contribution in [0.2, 0.25) is 0 Å². The van der Waals surface area contributed by atoms with Gasteiger partial charge in [-0.05, 0) is 18.2 Å². The molecule has 0 radical (unpaired) electrons. The zero-order valence-corrected chi connectivity index (χ0v) is 12.0. The topological polar surface area (TPSA) is 67.8 Å². The number of nitrogens with one attached hydrogen (secondary N) is 1. The number of methoxy groups -OCH3 is 2. The zero-order valence-electron chi connectivity index (χ0n) is 12.0. The number of benzene rings is 1. The van der Waals surface area contributed by atoms with E-state index < -0.39 is 11.7 Å². The van der Waals surface area contributed by atoms with Gasteiger partial charge in [0.05, 0.1) is 18.3 Å². The first-order valence-corrected chi connectivity index (χ1v) is 6.31. The number of ether oxygens (including phenoxy) is 2. The Balaban J connectivity index is 2.77. The highest BCUT2D eigenvalue weighted by atomic mass is 19.1. The molecule has 0 aliphatic carbocycles. The summed E-state index contributed by atoms with van der Waals surface area (Å²) in [5.74, 6) is 3.87. The lowest BCUT2D eigenvalue weighted by Gasteiger charge is -2.15. The quantitative estimate of drug-likeness (QED) is 0.753. The van der Waals surface area contributed by atoms with Gasteiger partial charge in [0, 0.05) is 26.3 Å². The van der Waals surface area contributed by atoms with Crippen LogP contribution in [0, 0.1) is 17.7 Å². The Labute approximate surface area is 123 Å². The third-order valence-electron chi connectivity index (χ3n) is 2.70. The molecule has 0 saturated carbocycles. The lowest BCUT2D eigenvalue weighted by atomic mass is 10.1. The van der Waals surface area contributed by atoms with E-state index in [0.29, 0.717) is 12.2 Å². The molecule has 21 heavy (non-hydrogen) atoms. The number of amides is 1. The van der Waals surface area contributed by atoms with Crippen molar-refractivity contribution in [1.82, 2.24) is 5.32 Å². The third-order valence-corrected chi connectivity index (χ3v) is 2.70. The molecule has 0 aliphatic heterocycles. The van der Waals surface area contributed by atoms with Crippen molar-refractivity contribution in [3.8, 4) is 11.8 Å². The minimum Gasteiger partial charge on any atom is -0.384 e. The highest BCUT2D eigenvalue weighted by molar-refractivity contribution is 5.94. The molecule has 0 aliphatic rings. The Morgan fingerprint density at radius 2 is 2.24 bits per heavy atom. The molecule has 0 bridgehead atoms. The second-order valence-electron chi connectivity index (χ2n) is 4.18. The first-order valence-electron chi connectivity index (χ1n) is 6.31. The van der Waals surface area contributed by atoms with E-state index in [2.05, 4.69) is 17.2 Å². The monoisotopic (exact) mass is 295 g/mol. The van der Waals surface area contributed by atoms with Gasteiger partial charge < -0.3 is 19.9 Å². The predicted molar refractivity (Wildman–Crippen MR) is 75.4 cm³/mol. The molecule has 1 aromatic carbocycles. The van der Waals surface area contributed by atoms with E-state index >= 15 is 0 Å². The van der Waals surface area contributed by atoms with E-state index in [-0.39, 0.29) is 24.8 Å². The van der Waals surface area contributed by atoms with Crippen LogP contribution in [0.1, 0.15) is 15.9 Å². The molecule has 0 spiro atoms. The second-order valence-corrected chi connectivity index (χ2v) is 4.18. The van der Waals surface area contributed by atoms with E-state index in [1.54, 1.807) is 0 Å². The normalized spacial score (nSPS) is 11.4. The van der Waals surface area contributed by atoms with Crippen molar-refractivity contribution in [2.75, 3.05) is 34.0 Å². The molecule has 0 heterocycles. The van der Waals surface area contributed by atoms with Gasteiger partial charge in [0.2, 0.25) is 0 Å². The van der Waals surface area contributed by atoms with Gasteiger partial charge in [0.25, 0.3) is 5.91 Å². The van der Waals surface area contributed by atoms with Crippen LogP contribution in [0.4, 0.5) is 4.39 Å². The minimum atomic E-state index is -0.636. The maximum atomic E-state index is 13.7. The summed E-state index contributed by atoms with van der Waals surface area (Å²) in [7, 11) is 3.03. The fourth-order valence-corrected chi connectivity index (χ4v) is 1.62. The highest BCUT2D eigenvalue weighted by Gasteiger charge is 2.14. The highest BCUT2D eigenvalue weighted by Crippen LogP contribution is 2.10. The average molecular weight is 295 g/mol. The summed E-state index contributed by atoms with van der Waals surface area (Å²) in [6.45, 7) is 0.224. The average Bonchev–Trinajstić information content (AvgIpc) is 2.50. The number of aliphatic hydroxyl groups excluding tert-OH is 1. The summed E-state index contributed by atoms with van der Waals surface area (Å²) in [5.41, 5.74) is 0.350. The molecule has 1 rings (SSSR count). The first-order chi connectivity index (χ1) is 10.1. The third kappa shape index (κ3) is 5.52. The fourth-order valence-electron chi connectivity index (χ4n) is 1.62. The summed E-state index contributed by atoms with van der Waals surface area (Å²) in [6.07, 6.45) is -0.306. The molecule has 1 amide bonds. The maximum absolute atomic E-state index is 13.7. The molecule has 1 unspecified atom stereocenters. The lowest BCUT2D eigenvalue weighted by molar-refractivity contribution is 0.0285. The summed E-state index contributed by atoms with van der Waals surface area (Å²) in [4.78, 5) is 12.0. The molecular formula is C15H18FNO4. The van der Waals surface area contributed by atoms with E-state index in [1.165, 1.54) is 32.4 Å². The Bertz CT molecular complexity index is 536. The van der Waals surface area contributed by atoms with Crippen molar-refractivity contribution >= 4 is 5.91 Å². The van der Waals surface area contributed by atoms with Crippen molar-refractivity contribution in [1.29, 1.82) is 0 Å². The van der Waals surface area contributed by atoms with Crippen molar-refractivity contribution < 1.29 is 23.8 Å². The number of hydrogen-bond acceptors (Lipinski definition) is 4. The van der Waals surface area contributed by atoms with Gasteiger partial charge in [-0.15, -0.1) is 0 Å². The summed E-state index contributed by atoms with van der Waals surface area (Å²) < 4.78 is 23.7. The summed E-state index contributed by atoms with van der Waals surface area (Å²) in [5, 5.41) is 11.2. The molecule has 114 valence electrons. The lowest BCUT2D eigenvalue weighted by Crippen LogP contribution is -2.36. The molecule has 6 heteroatoms. The minimum absolute atomic E-state index is 0.105. The van der Waals surface area contributed by atoms with Crippen LogP contribution in [0.3, 0.4) is 0 Å². The summed E-state index contributed by atoms with van der Waals surface area (Å²) in [6, 6.07) is 3.95. The first kappa shape index (κ1) is 17.1. The Kier molecular flexibility index (Phi) is 7.40. The van der Waals surface area contributed by atoms with Crippen LogP contribution < -0.4 is 5.32 Å². The van der Waals surface area contributed by atoms with E-state index in [4.69, 9.17) is 14.6 Å². The Morgan fingerprint density at radius 3 is 2.86 bits per heavy atom. The van der Waals surface area contributed by atoms with Crippen LogP contribution in [0.5, 0.6) is 0 Å². The fraction of sp³-hybridized carbons (Fsp3) is 0.400. The van der Waals surface area contributed by atoms with Crippen LogP contribution in [-0.4, -0.2) is 51.1 Å². The van der Waals surface area contributed by atoms with E-state index in [0.717, 1.165) is 0 Å². The SMILES string of the molecule is COCC(CNC(=O)c1cc(C#CCO)ccc1F)OC.